The quantitative estimate of drug-likeness (QED) is 0.739. The Labute approximate surface area is 96.5 Å². The highest BCUT2D eigenvalue weighted by molar-refractivity contribution is 6.17. The summed E-state index contributed by atoms with van der Waals surface area (Å²) in [5.74, 6) is 0.608. The third-order valence-electron chi connectivity index (χ3n) is 2.82. The van der Waals surface area contributed by atoms with Gasteiger partial charge in [-0.15, -0.1) is 11.6 Å². The number of nitrogens with one attached hydrogen (secondary N) is 1. The van der Waals surface area contributed by atoms with Crippen molar-refractivity contribution >= 4 is 17.5 Å². The minimum Gasteiger partial charge on any atom is -0.365 e. The molecular formula is C11H20ClNO2. The highest BCUT2D eigenvalue weighted by Gasteiger charge is 2.28. The van der Waals surface area contributed by atoms with E-state index in [1.54, 1.807) is 0 Å². The summed E-state index contributed by atoms with van der Waals surface area (Å²) >= 11 is 5.66. The molecule has 3 unspecified atom stereocenters. The van der Waals surface area contributed by atoms with E-state index in [1.165, 1.54) is 0 Å². The van der Waals surface area contributed by atoms with Crippen LogP contribution in [-0.4, -0.2) is 30.0 Å². The Balaban J connectivity index is 2.33. The summed E-state index contributed by atoms with van der Waals surface area (Å²) in [4.78, 5) is 11.8. The molecule has 15 heavy (non-hydrogen) atoms. The maximum atomic E-state index is 11.8. The number of halogens is 1. The monoisotopic (exact) mass is 233 g/mol. The third kappa shape index (κ3) is 3.99. The Morgan fingerprint density at radius 2 is 2.33 bits per heavy atom. The van der Waals surface area contributed by atoms with Crippen molar-refractivity contribution in [3.8, 4) is 0 Å². The third-order valence-corrected chi connectivity index (χ3v) is 3.04. The van der Waals surface area contributed by atoms with Crippen molar-refractivity contribution in [1.29, 1.82) is 0 Å². The molecule has 3 atom stereocenters. The van der Waals surface area contributed by atoms with E-state index in [2.05, 4.69) is 12.2 Å². The van der Waals surface area contributed by atoms with Crippen molar-refractivity contribution < 1.29 is 9.53 Å². The maximum absolute atomic E-state index is 11.8. The second-order valence-corrected chi connectivity index (χ2v) is 4.48. The zero-order valence-corrected chi connectivity index (χ0v) is 10.2. The van der Waals surface area contributed by atoms with Gasteiger partial charge in [-0.05, 0) is 32.6 Å². The number of carbonyl (C=O) groups excluding carboxylic acids is 1. The van der Waals surface area contributed by atoms with Crippen molar-refractivity contribution in [2.75, 3.05) is 5.88 Å². The standard InChI is InChI=1S/C11H20ClNO2/c1-3-9(6-7-12)13-11(14)10-5-4-8(2)15-10/h8-10H,3-7H2,1-2H3,(H,13,14). The molecule has 4 heteroatoms. The van der Waals surface area contributed by atoms with Crippen LogP contribution in [0, 0.1) is 0 Å². The summed E-state index contributed by atoms with van der Waals surface area (Å²) < 4.78 is 5.50. The molecule has 0 aliphatic carbocycles. The molecule has 0 radical (unpaired) electrons. The minimum absolute atomic E-state index is 0.0244. The lowest BCUT2D eigenvalue weighted by Crippen LogP contribution is -2.41. The van der Waals surface area contributed by atoms with Gasteiger partial charge in [0.25, 0.3) is 0 Å². The Morgan fingerprint density at radius 3 is 2.80 bits per heavy atom. The van der Waals surface area contributed by atoms with Gasteiger partial charge in [-0.3, -0.25) is 4.79 Å². The highest BCUT2D eigenvalue weighted by Crippen LogP contribution is 2.19. The molecule has 1 rings (SSSR count). The van der Waals surface area contributed by atoms with E-state index in [9.17, 15) is 4.79 Å². The predicted molar refractivity (Wildman–Crippen MR) is 61.1 cm³/mol. The van der Waals surface area contributed by atoms with Crippen molar-refractivity contribution in [3.05, 3.63) is 0 Å². The molecule has 1 amide bonds. The predicted octanol–water partition coefficient (Wildman–Crippen LogP) is 2.08. The summed E-state index contributed by atoms with van der Waals surface area (Å²) in [5, 5.41) is 2.98. The summed E-state index contributed by atoms with van der Waals surface area (Å²) in [6, 6.07) is 0.189. The van der Waals surface area contributed by atoms with Crippen molar-refractivity contribution in [1.82, 2.24) is 5.32 Å². The van der Waals surface area contributed by atoms with Crippen LogP contribution in [0.5, 0.6) is 0 Å². The smallest absolute Gasteiger partial charge is 0.249 e. The first-order valence-electron chi connectivity index (χ1n) is 5.69. The first kappa shape index (κ1) is 12.8. The number of amides is 1. The lowest BCUT2D eigenvalue weighted by atomic mass is 10.1. The molecule has 0 aromatic heterocycles. The van der Waals surface area contributed by atoms with Crippen LogP contribution in [-0.2, 0) is 9.53 Å². The van der Waals surface area contributed by atoms with E-state index in [1.807, 2.05) is 6.92 Å². The molecule has 1 N–H and O–H groups in total. The van der Waals surface area contributed by atoms with Gasteiger partial charge in [0.2, 0.25) is 5.91 Å². The van der Waals surface area contributed by atoms with Crippen molar-refractivity contribution in [2.45, 2.75) is 57.8 Å². The first-order chi connectivity index (χ1) is 7.17. The molecule has 0 aromatic rings. The van der Waals surface area contributed by atoms with Crippen molar-refractivity contribution in [3.63, 3.8) is 0 Å². The van der Waals surface area contributed by atoms with Crippen LogP contribution in [0.4, 0.5) is 0 Å². The second kappa shape index (κ2) is 6.33. The first-order valence-corrected chi connectivity index (χ1v) is 6.22. The largest absolute Gasteiger partial charge is 0.365 e. The summed E-state index contributed by atoms with van der Waals surface area (Å²) in [6.07, 6.45) is 3.53. The van der Waals surface area contributed by atoms with Crippen LogP contribution in [0.2, 0.25) is 0 Å². The van der Waals surface area contributed by atoms with E-state index in [4.69, 9.17) is 16.3 Å². The molecule has 0 bridgehead atoms. The average molecular weight is 234 g/mol. The number of hydrogen-bond acceptors (Lipinski definition) is 2. The van der Waals surface area contributed by atoms with Gasteiger partial charge in [-0.2, -0.15) is 0 Å². The number of ether oxygens (including phenoxy) is 1. The Morgan fingerprint density at radius 1 is 1.60 bits per heavy atom. The van der Waals surface area contributed by atoms with Gasteiger partial charge in [0.1, 0.15) is 6.10 Å². The van der Waals surface area contributed by atoms with Crippen LogP contribution in [0.15, 0.2) is 0 Å². The lowest BCUT2D eigenvalue weighted by molar-refractivity contribution is -0.132. The van der Waals surface area contributed by atoms with Gasteiger partial charge in [0, 0.05) is 11.9 Å². The number of alkyl halides is 1. The zero-order chi connectivity index (χ0) is 11.3. The molecular weight excluding hydrogens is 214 g/mol. The molecule has 1 heterocycles. The maximum Gasteiger partial charge on any atom is 0.249 e. The molecule has 1 fully saturated rings. The molecule has 3 nitrogen and oxygen atoms in total. The van der Waals surface area contributed by atoms with Crippen molar-refractivity contribution in [2.24, 2.45) is 0 Å². The van der Waals surface area contributed by atoms with Crippen LogP contribution in [0.25, 0.3) is 0 Å². The fourth-order valence-electron chi connectivity index (χ4n) is 1.80. The van der Waals surface area contributed by atoms with Crippen LogP contribution >= 0.6 is 11.6 Å². The molecule has 1 aliphatic heterocycles. The highest BCUT2D eigenvalue weighted by atomic mass is 35.5. The molecule has 88 valence electrons. The van der Waals surface area contributed by atoms with Gasteiger partial charge < -0.3 is 10.1 Å². The van der Waals surface area contributed by atoms with Gasteiger partial charge >= 0.3 is 0 Å². The Kier molecular flexibility index (Phi) is 5.40. The Hall–Kier alpha value is -0.280. The SMILES string of the molecule is CCC(CCCl)NC(=O)C1CCC(C)O1. The van der Waals surface area contributed by atoms with Crippen LogP contribution in [0.3, 0.4) is 0 Å². The molecule has 1 aliphatic rings. The number of rotatable bonds is 5. The van der Waals surface area contributed by atoms with Gasteiger partial charge in [0.05, 0.1) is 6.10 Å². The topological polar surface area (TPSA) is 38.3 Å². The summed E-state index contributed by atoms with van der Waals surface area (Å²) in [6.45, 7) is 4.05. The fraction of sp³-hybridized carbons (Fsp3) is 0.909. The van der Waals surface area contributed by atoms with E-state index in [0.717, 1.165) is 25.7 Å². The molecule has 0 aromatic carbocycles. The van der Waals surface area contributed by atoms with E-state index >= 15 is 0 Å². The van der Waals surface area contributed by atoms with E-state index < -0.39 is 0 Å². The molecule has 1 saturated heterocycles. The second-order valence-electron chi connectivity index (χ2n) is 4.10. The van der Waals surface area contributed by atoms with Gasteiger partial charge in [-0.1, -0.05) is 6.92 Å². The fourth-order valence-corrected chi connectivity index (χ4v) is 2.06. The number of carbonyl (C=O) groups is 1. The lowest BCUT2D eigenvalue weighted by Gasteiger charge is -2.18. The normalized spacial score (nSPS) is 27.7. The van der Waals surface area contributed by atoms with E-state index in [-0.39, 0.29) is 24.2 Å². The summed E-state index contributed by atoms with van der Waals surface area (Å²) in [7, 11) is 0. The van der Waals surface area contributed by atoms with E-state index in [0.29, 0.717) is 5.88 Å². The molecule has 0 spiro atoms. The zero-order valence-electron chi connectivity index (χ0n) is 9.46. The van der Waals surface area contributed by atoms with Crippen LogP contribution in [0.1, 0.15) is 39.5 Å². The average Bonchev–Trinajstić information content (AvgIpc) is 2.64. The van der Waals surface area contributed by atoms with Gasteiger partial charge in [0.15, 0.2) is 0 Å². The van der Waals surface area contributed by atoms with Gasteiger partial charge in [-0.25, -0.2) is 0 Å². The Bertz CT molecular complexity index is 211. The summed E-state index contributed by atoms with van der Waals surface area (Å²) in [5.41, 5.74) is 0. The van der Waals surface area contributed by atoms with Crippen LogP contribution < -0.4 is 5.32 Å². The molecule has 0 saturated carbocycles. The number of hydrogen-bond donors (Lipinski definition) is 1. The minimum atomic E-state index is -0.246.